The molecule has 0 saturated carbocycles. The number of methoxy groups -OCH3 is 1. The van der Waals surface area contributed by atoms with Gasteiger partial charge in [-0.25, -0.2) is 4.98 Å². The van der Waals surface area contributed by atoms with Gasteiger partial charge in [-0.15, -0.1) is 0 Å². The first-order valence-electron chi connectivity index (χ1n) is 11.6. The van der Waals surface area contributed by atoms with Crippen molar-refractivity contribution in [3.63, 3.8) is 0 Å². The Morgan fingerprint density at radius 3 is 2.76 bits per heavy atom. The first-order valence-corrected chi connectivity index (χ1v) is 13.2. The lowest BCUT2D eigenvalue weighted by molar-refractivity contribution is -0.114. The average molecular weight is 538 g/mol. The number of aliphatic imine (C=N–C) groups is 1. The smallest absolute Gasteiger partial charge is 0.283 e. The molecule has 3 aromatic rings. The van der Waals surface area contributed by atoms with E-state index >= 15 is 0 Å². The number of hydrogen-bond acceptors (Lipinski definition) is 10. The van der Waals surface area contributed by atoms with E-state index in [1.54, 1.807) is 24.3 Å². The second kappa shape index (κ2) is 10.3. The van der Waals surface area contributed by atoms with Crippen molar-refractivity contribution < 1.29 is 14.3 Å². The normalized spacial score (nSPS) is 16.3. The molecule has 0 atom stereocenters. The van der Waals surface area contributed by atoms with Crippen LogP contribution in [-0.4, -0.2) is 48.7 Å². The number of ether oxygens (including phenoxy) is 2. The van der Waals surface area contributed by atoms with Crippen LogP contribution in [0.3, 0.4) is 0 Å². The Morgan fingerprint density at radius 1 is 1.16 bits per heavy atom. The average Bonchev–Trinajstić information content (AvgIpc) is 3.50. The maximum absolute atomic E-state index is 12.7. The van der Waals surface area contributed by atoms with Crippen molar-refractivity contribution in [2.75, 3.05) is 7.11 Å². The van der Waals surface area contributed by atoms with Crippen LogP contribution in [0.5, 0.6) is 11.5 Å². The molecule has 0 radical (unpaired) electrons. The summed E-state index contributed by atoms with van der Waals surface area (Å²) in [6.07, 6.45) is 3.99. The van der Waals surface area contributed by atoms with Gasteiger partial charge in [-0.3, -0.25) is 15.0 Å². The number of nitrogens with one attached hydrogen (secondary N) is 1. The van der Waals surface area contributed by atoms with Crippen LogP contribution in [0.25, 0.3) is 11.0 Å². The highest BCUT2D eigenvalue weighted by molar-refractivity contribution is 8.26. The molecule has 4 heterocycles. The van der Waals surface area contributed by atoms with E-state index in [0.29, 0.717) is 32.9 Å². The van der Waals surface area contributed by atoms with Gasteiger partial charge in [0.15, 0.2) is 17.3 Å². The molecule has 0 fully saturated rings. The lowest BCUT2D eigenvalue weighted by atomic mass is 10.1. The highest BCUT2D eigenvalue weighted by Gasteiger charge is 2.35. The van der Waals surface area contributed by atoms with E-state index in [2.05, 4.69) is 20.2 Å². The Labute approximate surface area is 220 Å². The highest BCUT2D eigenvalue weighted by Crippen LogP contribution is 2.32. The van der Waals surface area contributed by atoms with Gasteiger partial charge in [0.05, 0.1) is 18.4 Å². The number of hydrogen-bond donors (Lipinski definition) is 1. The molecule has 0 bridgehead atoms. The van der Waals surface area contributed by atoms with Gasteiger partial charge < -0.3 is 9.47 Å². The number of benzene rings is 1. The largest absolute Gasteiger partial charge is 0.493 e. The Morgan fingerprint density at radius 2 is 2.00 bits per heavy atom. The number of rotatable bonds is 8. The molecule has 2 aromatic heterocycles. The first kappa shape index (κ1) is 24.8. The monoisotopic (exact) mass is 537 g/mol. The molecule has 0 unspecified atom stereocenters. The summed E-state index contributed by atoms with van der Waals surface area (Å²) in [7, 11) is 1.51. The second-order valence-electron chi connectivity index (χ2n) is 8.09. The van der Waals surface area contributed by atoms with Crippen LogP contribution in [0.15, 0.2) is 44.7 Å². The molecular weight excluding hydrogens is 514 g/mol. The number of nitrogens with zero attached hydrogens (tertiary/aromatic N) is 6. The standard InChI is InChI=1S/C24H23N7O4S2/c1-4-6-19-29-31-21(25)15(22(33)27-24(31)37-19)9-13-7-8-16(17(10-13)34-3)35-12-14-11-20(32)30-23(26-14)36-18(5-2)28-30/h7-11,25H,4-6,12H2,1-3H3/b15-9-,25-21?. The summed E-state index contributed by atoms with van der Waals surface area (Å²) >= 11 is 2.69. The molecule has 190 valence electrons. The molecule has 11 nitrogen and oxygen atoms in total. The molecule has 1 amide bonds. The Hall–Kier alpha value is -3.84. The SMILES string of the molecule is CCCC1=NN2C(=N)/C(=C/c3ccc(OCc4cc(=O)n5nc(CC)sc5n4)c(OC)c3)C(=O)N=C2S1. The first-order chi connectivity index (χ1) is 17.9. The minimum absolute atomic E-state index is 0.0186. The predicted octanol–water partition coefficient (Wildman–Crippen LogP) is 3.72. The van der Waals surface area contributed by atoms with Crippen molar-refractivity contribution in [1.29, 1.82) is 5.41 Å². The number of carbonyl (C=O) groups is 1. The number of thioether (sulfide) groups is 1. The van der Waals surface area contributed by atoms with E-state index in [9.17, 15) is 9.59 Å². The fourth-order valence-corrected chi connectivity index (χ4v) is 5.52. The molecule has 2 aliphatic rings. The number of amidine groups is 2. The van der Waals surface area contributed by atoms with Gasteiger partial charge in [0.1, 0.15) is 16.7 Å². The van der Waals surface area contributed by atoms with Crippen LogP contribution in [0, 0.1) is 5.41 Å². The zero-order valence-corrected chi connectivity index (χ0v) is 22.0. The zero-order valence-electron chi connectivity index (χ0n) is 20.3. The molecule has 5 rings (SSSR count). The Balaban J connectivity index is 1.36. The summed E-state index contributed by atoms with van der Waals surface area (Å²) in [6.45, 7) is 4.08. The Bertz CT molecular complexity index is 1570. The van der Waals surface area contributed by atoms with Crippen molar-refractivity contribution >= 4 is 56.1 Å². The lowest BCUT2D eigenvalue weighted by Crippen LogP contribution is -2.35. The van der Waals surface area contributed by atoms with Crippen LogP contribution < -0.4 is 15.0 Å². The van der Waals surface area contributed by atoms with Crippen molar-refractivity contribution in [1.82, 2.24) is 19.6 Å². The molecule has 0 saturated heterocycles. The minimum Gasteiger partial charge on any atom is -0.493 e. The van der Waals surface area contributed by atoms with Gasteiger partial charge in [0.25, 0.3) is 11.5 Å². The van der Waals surface area contributed by atoms with Gasteiger partial charge in [-0.05, 0) is 54.8 Å². The lowest BCUT2D eigenvalue weighted by Gasteiger charge is -2.20. The minimum atomic E-state index is -0.488. The van der Waals surface area contributed by atoms with Crippen LogP contribution in [0.2, 0.25) is 0 Å². The van der Waals surface area contributed by atoms with Crippen molar-refractivity contribution in [3.05, 3.63) is 56.5 Å². The van der Waals surface area contributed by atoms with Gasteiger partial charge >= 0.3 is 0 Å². The Kier molecular flexibility index (Phi) is 6.89. The maximum atomic E-state index is 12.7. The topological polar surface area (TPSA) is 135 Å². The van der Waals surface area contributed by atoms with Crippen molar-refractivity contribution in [2.24, 2.45) is 10.1 Å². The van der Waals surface area contributed by atoms with E-state index in [0.717, 1.165) is 29.3 Å². The summed E-state index contributed by atoms with van der Waals surface area (Å²) in [6, 6.07) is 6.55. The molecule has 0 aliphatic carbocycles. The zero-order chi connectivity index (χ0) is 26.1. The fourth-order valence-electron chi connectivity index (χ4n) is 3.67. The third kappa shape index (κ3) is 4.91. The van der Waals surface area contributed by atoms with E-state index in [1.807, 2.05) is 13.8 Å². The summed E-state index contributed by atoms with van der Waals surface area (Å²) in [4.78, 5) is 34.2. The van der Waals surface area contributed by atoms with Crippen molar-refractivity contribution in [2.45, 2.75) is 39.7 Å². The van der Waals surface area contributed by atoms with Gasteiger partial charge in [-0.1, -0.05) is 31.3 Å². The van der Waals surface area contributed by atoms with E-state index in [4.69, 9.17) is 14.9 Å². The van der Waals surface area contributed by atoms with E-state index in [1.165, 1.54) is 45.8 Å². The molecule has 1 aromatic carbocycles. The number of carbonyl (C=O) groups excluding carboxylic acids is 1. The number of hydrazone groups is 1. The maximum Gasteiger partial charge on any atom is 0.283 e. The molecular formula is C24H23N7O4S2. The number of aryl methyl sites for hydroxylation is 1. The number of fused-ring (bicyclic) bond motifs is 2. The van der Waals surface area contributed by atoms with Crippen LogP contribution in [0.1, 0.15) is 43.0 Å². The summed E-state index contributed by atoms with van der Waals surface area (Å²) < 4.78 is 12.7. The number of aromatic nitrogens is 3. The van der Waals surface area contributed by atoms with Crippen LogP contribution >= 0.6 is 23.1 Å². The predicted molar refractivity (Wildman–Crippen MR) is 144 cm³/mol. The van der Waals surface area contributed by atoms with Gasteiger partial charge in [0, 0.05) is 6.07 Å². The quantitative estimate of drug-likeness (QED) is 0.430. The summed E-state index contributed by atoms with van der Waals surface area (Å²) in [5, 5.41) is 20.7. The molecule has 2 aliphatic heterocycles. The van der Waals surface area contributed by atoms with Crippen molar-refractivity contribution in [3.8, 4) is 11.5 Å². The van der Waals surface area contributed by atoms with Gasteiger partial charge in [-0.2, -0.15) is 24.7 Å². The third-order valence-corrected chi connectivity index (χ3v) is 7.50. The molecule has 13 heteroatoms. The highest BCUT2D eigenvalue weighted by atomic mass is 32.2. The van der Waals surface area contributed by atoms with Gasteiger partial charge in [0.2, 0.25) is 10.1 Å². The van der Waals surface area contributed by atoms with E-state index in [-0.39, 0.29) is 23.6 Å². The van der Waals surface area contributed by atoms with E-state index < -0.39 is 5.91 Å². The number of amides is 1. The fraction of sp³-hybridized carbons (Fsp3) is 0.292. The third-order valence-electron chi connectivity index (χ3n) is 5.48. The van der Waals surface area contributed by atoms with Crippen LogP contribution in [-0.2, 0) is 17.8 Å². The summed E-state index contributed by atoms with van der Waals surface area (Å²) in [5.41, 5.74) is 0.984. The summed E-state index contributed by atoms with van der Waals surface area (Å²) in [5.74, 6) is 0.366. The molecule has 37 heavy (non-hydrogen) atoms. The molecule has 0 spiro atoms. The second-order valence-corrected chi connectivity index (χ2v) is 10.2. The molecule has 1 N–H and O–H groups in total. The van der Waals surface area contributed by atoms with Crippen LogP contribution in [0.4, 0.5) is 0 Å².